The Morgan fingerprint density at radius 1 is 1.31 bits per heavy atom. The molecule has 3 rings (SSSR count). The summed E-state index contributed by atoms with van der Waals surface area (Å²) in [5, 5.41) is 0. The quantitative estimate of drug-likeness (QED) is 0.560. The van der Waals surface area contributed by atoms with Gasteiger partial charge in [-0.1, -0.05) is 0 Å². The third kappa shape index (κ3) is 1.14. The molecule has 0 radical (unpaired) electrons. The third-order valence-corrected chi connectivity index (χ3v) is 3.78. The summed E-state index contributed by atoms with van der Waals surface area (Å²) in [6, 6.07) is 0. The Morgan fingerprint density at radius 3 is 3.15 bits per heavy atom. The fourth-order valence-electron chi connectivity index (χ4n) is 3.10. The van der Waals surface area contributed by atoms with E-state index in [9.17, 15) is 4.79 Å². The molecule has 3 nitrogen and oxygen atoms in total. The summed E-state index contributed by atoms with van der Waals surface area (Å²) in [6.45, 7) is 1.18. The van der Waals surface area contributed by atoms with Gasteiger partial charge in [0.05, 0.1) is 12.7 Å². The Hall–Kier alpha value is -0.410. The van der Waals surface area contributed by atoms with E-state index in [0.29, 0.717) is 36.8 Å². The lowest BCUT2D eigenvalue weighted by Gasteiger charge is -2.27. The zero-order valence-corrected chi connectivity index (χ0v) is 7.57. The standard InChI is InChI=1S/C10H14O3/c11-9-3-10-8-2-6(9)1-7(8)4-12-5-13-10/h6-8,10H,1-5H2/t6-,7-,8-,10-/m0/s1. The first-order chi connectivity index (χ1) is 6.34. The molecule has 0 aromatic heterocycles. The van der Waals surface area contributed by atoms with Crippen molar-refractivity contribution in [2.45, 2.75) is 25.4 Å². The van der Waals surface area contributed by atoms with Gasteiger partial charge in [0.2, 0.25) is 0 Å². The van der Waals surface area contributed by atoms with Gasteiger partial charge in [0.25, 0.3) is 0 Å². The first-order valence-corrected chi connectivity index (χ1v) is 5.06. The minimum Gasteiger partial charge on any atom is -0.355 e. The van der Waals surface area contributed by atoms with Crippen molar-refractivity contribution in [1.82, 2.24) is 0 Å². The second kappa shape index (κ2) is 2.79. The first-order valence-electron chi connectivity index (χ1n) is 5.06. The number of hydrogen-bond acceptors (Lipinski definition) is 3. The maximum atomic E-state index is 11.6. The van der Waals surface area contributed by atoms with Gasteiger partial charge in [0, 0.05) is 12.3 Å². The van der Waals surface area contributed by atoms with Crippen LogP contribution in [0, 0.1) is 17.8 Å². The second-order valence-corrected chi connectivity index (χ2v) is 4.46. The normalized spacial score (nSPS) is 49.1. The zero-order chi connectivity index (χ0) is 8.84. The topological polar surface area (TPSA) is 35.5 Å². The van der Waals surface area contributed by atoms with E-state index in [4.69, 9.17) is 9.47 Å². The minimum atomic E-state index is 0.166. The van der Waals surface area contributed by atoms with E-state index >= 15 is 0 Å². The van der Waals surface area contributed by atoms with Crippen molar-refractivity contribution in [3.8, 4) is 0 Å². The summed E-state index contributed by atoms with van der Waals surface area (Å²) in [5.41, 5.74) is 0. The van der Waals surface area contributed by atoms with Gasteiger partial charge in [-0.25, -0.2) is 0 Å². The van der Waals surface area contributed by atoms with Crippen LogP contribution in [0.25, 0.3) is 0 Å². The van der Waals surface area contributed by atoms with Crippen LogP contribution in [0.15, 0.2) is 0 Å². The van der Waals surface area contributed by atoms with Gasteiger partial charge in [0.15, 0.2) is 0 Å². The van der Waals surface area contributed by atoms with Crippen molar-refractivity contribution < 1.29 is 14.3 Å². The van der Waals surface area contributed by atoms with E-state index in [1.165, 1.54) is 0 Å². The summed E-state index contributed by atoms with van der Waals surface area (Å²) in [7, 11) is 0. The molecule has 13 heavy (non-hydrogen) atoms. The molecule has 3 heteroatoms. The average molecular weight is 182 g/mol. The van der Waals surface area contributed by atoms with Crippen molar-refractivity contribution in [1.29, 1.82) is 0 Å². The number of carbonyl (C=O) groups excluding carboxylic acids is 1. The number of ketones is 1. The van der Waals surface area contributed by atoms with E-state index in [-0.39, 0.29) is 6.10 Å². The van der Waals surface area contributed by atoms with Gasteiger partial charge < -0.3 is 9.47 Å². The molecule has 1 saturated heterocycles. The average Bonchev–Trinajstić information content (AvgIpc) is 2.40. The van der Waals surface area contributed by atoms with Crippen molar-refractivity contribution in [2.75, 3.05) is 13.4 Å². The first kappa shape index (κ1) is 7.94. The van der Waals surface area contributed by atoms with Crippen molar-refractivity contribution >= 4 is 5.78 Å². The summed E-state index contributed by atoms with van der Waals surface area (Å²) >= 11 is 0. The Balaban J connectivity index is 1.90. The van der Waals surface area contributed by atoms with E-state index in [1.54, 1.807) is 0 Å². The van der Waals surface area contributed by atoms with Crippen LogP contribution in [-0.2, 0) is 14.3 Å². The van der Waals surface area contributed by atoms with Gasteiger partial charge in [-0.05, 0) is 24.7 Å². The largest absolute Gasteiger partial charge is 0.355 e. The molecule has 4 atom stereocenters. The van der Waals surface area contributed by atoms with E-state index in [0.717, 1.165) is 19.4 Å². The van der Waals surface area contributed by atoms with Gasteiger partial charge in [-0.15, -0.1) is 0 Å². The predicted molar refractivity (Wildman–Crippen MR) is 45.0 cm³/mol. The molecule has 0 aromatic rings. The minimum absolute atomic E-state index is 0.166. The number of Topliss-reactive ketones (excluding diaryl/α,β-unsaturated/α-hetero) is 1. The molecular weight excluding hydrogens is 168 g/mol. The Kier molecular flexibility index (Phi) is 1.70. The lowest BCUT2D eigenvalue weighted by molar-refractivity contribution is -0.134. The molecule has 0 aromatic carbocycles. The lowest BCUT2D eigenvalue weighted by atomic mass is 9.84. The summed E-state index contributed by atoms with van der Waals surface area (Å²) < 4.78 is 10.9. The number of carbonyl (C=O) groups is 1. The number of hydrogen-bond donors (Lipinski definition) is 0. The van der Waals surface area contributed by atoms with Gasteiger partial charge in [0.1, 0.15) is 12.6 Å². The van der Waals surface area contributed by atoms with Crippen LogP contribution >= 0.6 is 0 Å². The lowest BCUT2D eigenvalue weighted by Crippen LogP contribution is -2.32. The highest BCUT2D eigenvalue weighted by Crippen LogP contribution is 2.46. The van der Waals surface area contributed by atoms with Gasteiger partial charge in [-0.3, -0.25) is 4.79 Å². The molecule has 2 bridgehead atoms. The number of rotatable bonds is 0. The van der Waals surface area contributed by atoms with Crippen molar-refractivity contribution in [3.05, 3.63) is 0 Å². The van der Waals surface area contributed by atoms with E-state index in [2.05, 4.69) is 0 Å². The Bertz CT molecular complexity index is 236. The van der Waals surface area contributed by atoms with Crippen LogP contribution < -0.4 is 0 Å². The monoisotopic (exact) mass is 182 g/mol. The highest BCUT2D eigenvalue weighted by Gasteiger charge is 2.48. The maximum Gasteiger partial charge on any atom is 0.147 e. The van der Waals surface area contributed by atoms with Crippen LogP contribution in [-0.4, -0.2) is 25.3 Å². The molecule has 2 aliphatic carbocycles. The number of fused-ring (bicyclic) bond motifs is 1. The van der Waals surface area contributed by atoms with Crippen LogP contribution in [0.1, 0.15) is 19.3 Å². The molecular formula is C10H14O3. The molecule has 2 saturated carbocycles. The van der Waals surface area contributed by atoms with Gasteiger partial charge >= 0.3 is 0 Å². The molecule has 0 spiro atoms. The van der Waals surface area contributed by atoms with E-state index < -0.39 is 0 Å². The Labute approximate surface area is 77.4 Å². The van der Waals surface area contributed by atoms with Crippen LogP contribution in [0.5, 0.6) is 0 Å². The number of ether oxygens (including phenoxy) is 2. The fraction of sp³-hybridized carbons (Fsp3) is 0.900. The SMILES string of the molecule is O=C1C[C@@H]2OCOC[C@@H]3C[C@H]1C[C@@H]32. The zero-order valence-electron chi connectivity index (χ0n) is 7.57. The Morgan fingerprint density at radius 2 is 2.23 bits per heavy atom. The van der Waals surface area contributed by atoms with Crippen molar-refractivity contribution in [3.63, 3.8) is 0 Å². The molecule has 0 unspecified atom stereocenters. The van der Waals surface area contributed by atoms with E-state index in [1.807, 2.05) is 0 Å². The molecule has 1 heterocycles. The molecule has 3 aliphatic rings. The maximum absolute atomic E-state index is 11.6. The predicted octanol–water partition coefficient (Wildman–Crippen LogP) is 0.974. The van der Waals surface area contributed by atoms with Crippen LogP contribution in [0.3, 0.4) is 0 Å². The van der Waals surface area contributed by atoms with Gasteiger partial charge in [-0.2, -0.15) is 0 Å². The molecule has 0 N–H and O–H groups in total. The van der Waals surface area contributed by atoms with Crippen molar-refractivity contribution in [2.24, 2.45) is 17.8 Å². The molecule has 0 amide bonds. The molecule has 72 valence electrons. The second-order valence-electron chi connectivity index (χ2n) is 4.46. The summed E-state index contributed by atoms with van der Waals surface area (Å²) in [4.78, 5) is 11.6. The highest BCUT2D eigenvalue weighted by molar-refractivity contribution is 5.83. The van der Waals surface area contributed by atoms with Crippen LogP contribution in [0.4, 0.5) is 0 Å². The summed E-state index contributed by atoms with van der Waals surface area (Å²) in [6.07, 6.45) is 2.90. The highest BCUT2D eigenvalue weighted by atomic mass is 16.7. The molecule has 3 fully saturated rings. The fourth-order valence-corrected chi connectivity index (χ4v) is 3.10. The molecule has 1 aliphatic heterocycles. The smallest absolute Gasteiger partial charge is 0.147 e. The van der Waals surface area contributed by atoms with Crippen LogP contribution in [0.2, 0.25) is 0 Å². The summed E-state index contributed by atoms with van der Waals surface area (Å²) in [5.74, 6) is 1.94. The third-order valence-electron chi connectivity index (χ3n) is 3.78.